The predicted molar refractivity (Wildman–Crippen MR) is 172 cm³/mol. The summed E-state index contributed by atoms with van der Waals surface area (Å²) in [7, 11) is 0. The van der Waals surface area contributed by atoms with E-state index in [2.05, 4.69) is 49.0 Å². The van der Waals surface area contributed by atoms with Crippen molar-refractivity contribution in [2.45, 2.75) is 78.8 Å². The van der Waals surface area contributed by atoms with Crippen LogP contribution in [-0.4, -0.2) is 18.1 Å². The van der Waals surface area contributed by atoms with E-state index in [9.17, 15) is 18.0 Å². The molecule has 0 saturated heterocycles. The Balaban J connectivity index is 1.42. The first-order valence-electron chi connectivity index (χ1n) is 15.8. The van der Waals surface area contributed by atoms with Gasteiger partial charge in [0.1, 0.15) is 5.69 Å². The zero-order chi connectivity index (χ0) is 30.7. The van der Waals surface area contributed by atoms with E-state index >= 15 is 0 Å². The summed E-state index contributed by atoms with van der Waals surface area (Å²) in [5.41, 5.74) is 5.76. The van der Waals surface area contributed by atoms with Crippen LogP contribution in [0.3, 0.4) is 0 Å². The van der Waals surface area contributed by atoms with Gasteiger partial charge >= 0.3 is 6.18 Å². The average molecular weight is 592 g/mol. The van der Waals surface area contributed by atoms with Crippen molar-refractivity contribution < 1.29 is 13.2 Å². The molecule has 0 spiro atoms. The second-order valence-corrected chi connectivity index (χ2v) is 12.9. The Kier molecular flexibility index (Phi) is 9.38. The third-order valence-electron chi connectivity index (χ3n) is 8.73. The van der Waals surface area contributed by atoms with Crippen LogP contribution in [0.2, 0.25) is 0 Å². The van der Waals surface area contributed by atoms with Gasteiger partial charge in [-0.15, -0.1) is 0 Å². The van der Waals surface area contributed by atoms with Gasteiger partial charge in [0.05, 0.1) is 11.1 Å². The average Bonchev–Trinajstić information content (AvgIpc) is 3.76. The zero-order valence-corrected chi connectivity index (χ0v) is 25.8. The fourth-order valence-electron chi connectivity index (χ4n) is 6.00. The summed E-state index contributed by atoms with van der Waals surface area (Å²) in [6.45, 7) is 10.5. The van der Waals surface area contributed by atoms with E-state index in [-0.39, 0.29) is 5.56 Å². The van der Waals surface area contributed by atoms with Crippen LogP contribution in [0.15, 0.2) is 70.7 Å². The van der Waals surface area contributed by atoms with Crippen LogP contribution in [0.5, 0.6) is 0 Å². The standard InChI is InChI=1S/C36H44F3N3O/c1-5-7-28(26-12-15-30(16-13-26)36(37,38)39)18-32(27-8-6-9-27)40-31-17-14-29-19-34(35(43)41-33(29)20-31)42(21-23(2)3)22-24(4)25-10-11-25/h12-20,23-25,40H,5-11,21-22H2,1-4H3,(H,41,43)/b28-18+. The van der Waals surface area contributed by atoms with E-state index in [1.165, 1.54) is 18.4 Å². The lowest BCUT2D eigenvalue weighted by molar-refractivity contribution is -0.137. The number of nitrogens with one attached hydrogen (secondary N) is 2. The van der Waals surface area contributed by atoms with Crippen molar-refractivity contribution in [3.8, 4) is 0 Å². The van der Waals surface area contributed by atoms with Crippen molar-refractivity contribution in [2.75, 3.05) is 23.3 Å². The molecule has 4 nitrogen and oxygen atoms in total. The third kappa shape index (κ3) is 7.73. The number of alkyl halides is 3. The van der Waals surface area contributed by atoms with E-state index in [1.807, 2.05) is 24.3 Å². The molecule has 1 heterocycles. The summed E-state index contributed by atoms with van der Waals surface area (Å²) in [6, 6.07) is 13.5. The van der Waals surface area contributed by atoms with Crippen LogP contribution < -0.4 is 15.8 Å². The molecule has 3 aromatic rings. The molecule has 1 aromatic heterocycles. The molecule has 7 heteroatoms. The van der Waals surface area contributed by atoms with Gasteiger partial charge in [-0.3, -0.25) is 4.79 Å². The second-order valence-electron chi connectivity index (χ2n) is 12.9. The van der Waals surface area contributed by atoms with Crippen LogP contribution >= 0.6 is 0 Å². The molecule has 0 aliphatic heterocycles. The molecule has 0 bridgehead atoms. The van der Waals surface area contributed by atoms with Crippen molar-refractivity contribution in [1.82, 2.24) is 4.98 Å². The topological polar surface area (TPSA) is 48.1 Å². The minimum atomic E-state index is -4.35. The second kappa shape index (κ2) is 13.0. The molecular weight excluding hydrogens is 547 g/mol. The maximum atomic E-state index is 13.4. The van der Waals surface area contributed by atoms with Crippen LogP contribution in [-0.2, 0) is 6.18 Å². The van der Waals surface area contributed by atoms with E-state index in [4.69, 9.17) is 0 Å². The number of hydrogen-bond acceptors (Lipinski definition) is 3. The highest BCUT2D eigenvalue weighted by molar-refractivity contribution is 5.85. The van der Waals surface area contributed by atoms with E-state index in [1.54, 1.807) is 12.1 Å². The molecule has 5 rings (SSSR count). The maximum absolute atomic E-state index is 13.4. The zero-order valence-electron chi connectivity index (χ0n) is 25.8. The number of anilines is 2. The van der Waals surface area contributed by atoms with Gasteiger partial charge in [-0.05, 0) is 109 Å². The maximum Gasteiger partial charge on any atom is 0.416 e. The van der Waals surface area contributed by atoms with Gasteiger partial charge < -0.3 is 15.2 Å². The molecule has 1 atom stereocenters. The molecule has 2 saturated carbocycles. The molecule has 2 fully saturated rings. The molecule has 0 radical (unpaired) electrons. The van der Waals surface area contributed by atoms with Crippen LogP contribution in [0.25, 0.3) is 16.5 Å². The van der Waals surface area contributed by atoms with Gasteiger partial charge in [0.2, 0.25) is 0 Å². The number of pyridine rings is 1. The Labute approximate surface area is 253 Å². The number of aromatic amines is 1. The van der Waals surface area contributed by atoms with Gasteiger partial charge in [-0.1, -0.05) is 52.3 Å². The third-order valence-corrected chi connectivity index (χ3v) is 8.73. The van der Waals surface area contributed by atoms with E-state index in [0.717, 1.165) is 102 Å². The molecule has 2 aliphatic rings. The number of halogens is 3. The quantitative estimate of drug-likeness (QED) is 0.220. The molecule has 230 valence electrons. The van der Waals surface area contributed by atoms with E-state index < -0.39 is 11.7 Å². The first-order valence-corrected chi connectivity index (χ1v) is 15.8. The van der Waals surface area contributed by atoms with Crippen LogP contribution in [0, 0.1) is 17.8 Å². The number of nitrogens with zero attached hydrogens (tertiary/aromatic N) is 1. The summed E-state index contributed by atoms with van der Waals surface area (Å²) in [4.78, 5) is 18.8. The summed E-state index contributed by atoms with van der Waals surface area (Å²) < 4.78 is 39.5. The fourth-order valence-corrected chi connectivity index (χ4v) is 6.00. The number of hydrogen-bond donors (Lipinski definition) is 2. The Morgan fingerprint density at radius 2 is 1.77 bits per heavy atom. The molecular formula is C36H44F3N3O. The predicted octanol–water partition coefficient (Wildman–Crippen LogP) is 9.79. The molecule has 43 heavy (non-hydrogen) atoms. The number of allylic oxidation sites excluding steroid dienone is 3. The van der Waals surface area contributed by atoms with Crippen molar-refractivity contribution in [1.29, 1.82) is 0 Å². The van der Waals surface area contributed by atoms with Crippen molar-refractivity contribution in [2.24, 2.45) is 17.8 Å². The van der Waals surface area contributed by atoms with Gasteiger partial charge in [0.15, 0.2) is 0 Å². The molecule has 1 unspecified atom stereocenters. The Morgan fingerprint density at radius 3 is 2.35 bits per heavy atom. The molecule has 2 aromatic carbocycles. The fraction of sp³-hybridized carbons (Fsp3) is 0.472. The highest BCUT2D eigenvalue weighted by Gasteiger charge is 2.31. The Hall–Kier alpha value is -3.48. The lowest BCUT2D eigenvalue weighted by atomic mass is 9.88. The van der Waals surface area contributed by atoms with Gasteiger partial charge in [0, 0.05) is 29.9 Å². The first-order chi connectivity index (χ1) is 20.5. The molecule has 2 N–H and O–H groups in total. The van der Waals surface area contributed by atoms with Crippen molar-refractivity contribution >= 4 is 27.9 Å². The van der Waals surface area contributed by atoms with Gasteiger partial charge in [0.25, 0.3) is 5.56 Å². The summed E-state index contributed by atoms with van der Waals surface area (Å²) in [5.74, 6) is 1.78. The number of aromatic nitrogens is 1. The van der Waals surface area contributed by atoms with Gasteiger partial charge in [-0.2, -0.15) is 13.2 Å². The normalized spacial score (nSPS) is 16.4. The summed E-state index contributed by atoms with van der Waals surface area (Å²) in [5, 5.41) is 4.57. The minimum Gasteiger partial charge on any atom is -0.367 e. The minimum absolute atomic E-state index is 0.0710. The molecule has 0 amide bonds. The summed E-state index contributed by atoms with van der Waals surface area (Å²) >= 11 is 0. The van der Waals surface area contributed by atoms with Crippen LogP contribution in [0.4, 0.5) is 24.5 Å². The molecule has 2 aliphatic carbocycles. The van der Waals surface area contributed by atoms with Crippen molar-refractivity contribution in [3.05, 3.63) is 87.4 Å². The Bertz CT molecular complexity index is 1540. The number of benzene rings is 2. The summed E-state index contributed by atoms with van der Waals surface area (Å²) in [6.07, 6.45) is 5.06. The van der Waals surface area contributed by atoms with Gasteiger partial charge in [-0.25, -0.2) is 0 Å². The number of H-pyrrole nitrogens is 1. The smallest absolute Gasteiger partial charge is 0.367 e. The largest absolute Gasteiger partial charge is 0.416 e. The lowest BCUT2D eigenvalue weighted by Gasteiger charge is -2.29. The monoisotopic (exact) mass is 591 g/mol. The number of rotatable bonds is 12. The lowest BCUT2D eigenvalue weighted by Crippen LogP contribution is -2.36. The van der Waals surface area contributed by atoms with Crippen LogP contribution in [0.1, 0.15) is 83.8 Å². The highest BCUT2D eigenvalue weighted by atomic mass is 19.4. The van der Waals surface area contributed by atoms with Crippen molar-refractivity contribution in [3.63, 3.8) is 0 Å². The SMILES string of the molecule is CCC/C(=C\C(Nc1ccc2cc(N(CC(C)C)CC(C)C3CC3)c(=O)[nH]c2c1)=C1CCC1)c1ccc(C(F)(F)F)cc1. The highest BCUT2D eigenvalue weighted by Crippen LogP contribution is 2.38. The Morgan fingerprint density at radius 1 is 1.05 bits per heavy atom. The number of fused-ring (bicyclic) bond motifs is 1. The first kappa shape index (κ1) is 31.0. The van der Waals surface area contributed by atoms with E-state index in [0.29, 0.717) is 11.8 Å².